The molecule has 0 saturated carbocycles. The second-order valence-electron chi connectivity index (χ2n) is 2.61. The van der Waals surface area contributed by atoms with E-state index in [1.807, 2.05) is 6.08 Å². The van der Waals surface area contributed by atoms with Crippen molar-refractivity contribution in [2.24, 2.45) is 0 Å². The number of rotatable bonds is 1. The molecule has 0 aromatic carbocycles. The number of hydrogen-bond acceptors (Lipinski definition) is 1. The van der Waals surface area contributed by atoms with E-state index in [2.05, 4.69) is 24.8 Å². The molecule has 1 rings (SSSR count). The van der Waals surface area contributed by atoms with Gasteiger partial charge in [-0.25, -0.2) is 0 Å². The summed E-state index contributed by atoms with van der Waals surface area (Å²) in [6.07, 6.45) is 5.31. The maximum Gasteiger partial charge on any atom is 0.101 e. The van der Waals surface area contributed by atoms with Crippen molar-refractivity contribution in [1.82, 2.24) is 4.90 Å². The molecule has 1 aliphatic heterocycles. The first kappa shape index (κ1) is 7.73. The molecule has 2 heteroatoms. The molecule has 1 atom stereocenters. The summed E-state index contributed by atoms with van der Waals surface area (Å²) < 4.78 is 0. The zero-order chi connectivity index (χ0) is 7.56. The lowest BCUT2D eigenvalue weighted by Crippen LogP contribution is -2.38. The Kier molecular flexibility index (Phi) is 2.44. The molecule has 0 N–H and O–H groups in total. The van der Waals surface area contributed by atoms with Gasteiger partial charge in [0.15, 0.2) is 0 Å². The molecule has 1 unspecified atom stereocenters. The maximum absolute atomic E-state index is 5.14. The van der Waals surface area contributed by atoms with Crippen LogP contribution in [-0.2, 0) is 0 Å². The molecule has 0 spiro atoms. The standard InChI is InChI=1S/C8H13NS/c1-3-9-7(2)5-4-6-8(9)10/h4,6-7H,3,5H2,1-2H3. The van der Waals surface area contributed by atoms with Crippen LogP contribution < -0.4 is 0 Å². The SMILES string of the molecule is CCN1C(=S)C=CCC1C. The van der Waals surface area contributed by atoms with Crippen LogP contribution in [0, 0.1) is 0 Å². The molecule has 10 heavy (non-hydrogen) atoms. The highest BCUT2D eigenvalue weighted by Gasteiger charge is 2.14. The highest BCUT2D eigenvalue weighted by Crippen LogP contribution is 2.11. The molecule has 0 fully saturated rings. The number of nitrogens with zero attached hydrogens (tertiary/aromatic N) is 1. The van der Waals surface area contributed by atoms with Gasteiger partial charge in [0.2, 0.25) is 0 Å². The van der Waals surface area contributed by atoms with E-state index in [4.69, 9.17) is 12.2 Å². The van der Waals surface area contributed by atoms with Gasteiger partial charge in [-0.2, -0.15) is 0 Å². The van der Waals surface area contributed by atoms with Crippen LogP contribution in [0.2, 0.25) is 0 Å². The lowest BCUT2D eigenvalue weighted by atomic mass is 10.1. The molecule has 0 aromatic rings. The van der Waals surface area contributed by atoms with E-state index in [0.29, 0.717) is 6.04 Å². The monoisotopic (exact) mass is 155 g/mol. The molecule has 0 amide bonds. The van der Waals surface area contributed by atoms with Crippen molar-refractivity contribution in [3.05, 3.63) is 12.2 Å². The quantitative estimate of drug-likeness (QED) is 0.533. The first-order chi connectivity index (χ1) is 4.75. The number of likely N-dealkylation sites (N-methyl/N-ethyl adjacent to an activating group) is 1. The largest absolute Gasteiger partial charge is 0.360 e. The third kappa shape index (κ3) is 1.37. The Morgan fingerprint density at radius 1 is 1.80 bits per heavy atom. The van der Waals surface area contributed by atoms with E-state index >= 15 is 0 Å². The normalized spacial score (nSPS) is 25.6. The van der Waals surface area contributed by atoms with Crippen molar-refractivity contribution in [2.75, 3.05) is 6.54 Å². The van der Waals surface area contributed by atoms with Gasteiger partial charge in [-0.05, 0) is 26.3 Å². The molecule has 0 aliphatic carbocycles. The summed E-state index contributed by atoms with van der Waals surface area (Å²) in [6.45, 7) is 5.38. The van der Waals surface area contributed by atoms with Gasteiger partial charge in [-0.15, -0.1) is 0 Å². The molecule has 1 aliphatic rings. The second-order valence-corrected chi connectivity index (χ2v) is 3.03. The van der Waals surface area contributed by atoms with E-state index in [9.17, 15) is 0 Å². The summed E-state index contributed by atoms with van der Waals surface area (Å²) >= 11 is 5.14. The van der Waals surface area contributed by atoms with Crippen molar-refractivity contribution in [1.29, 1.82) is 0 Å². The smallest absolute Gasteiger partial charge is 0.101 e. The van der Waals surface area contributed by atoms with Crippen molar-refractivity contribution >= 4 is 17.2 Å². The van der Waals surface area contributed by atoms with Crippen LogP contribution in [0.3, 0.4) is 0 Å². The molecule has 0 radical (unpaired) electrons. The minimum absolute atomic E-state index is 0.600. The van der Waals surface area contributed by atoms with Gasteiger partial charge in [0.05, 0.1) is 0 Å². The summed E-state index contributed by atoms with van der Waals surface area (Å²) in [5.41, 5.74) is 0. The summed E-state index contributed by atoms with van der Waals surface area (Å²) in [5.74, 6) is 0. The molecular formula is C8H13NS. The summed E-state index contributed by atoms with van der Waals surface area (Å²) in [6, 6.07) is 0.600. The minimum Gasteiger partial charge on any atom is -0.360 e. The average Bonchev–Trinajstić information content (AvgIpc) is 1.88. The van der Waals surface area contributed by atoms with Crippen LogP contribution in [0.4, 0.5) is 0 Å². The predicted molar refractivity (Wildman–Crippen MR) is 48.2 cm³/mol. The zero-order valence-corrected chi connectivity index (χ0v) is 7.32. The highest BCUT2D eigenvalue weighted by molar-refractivity contribution is 7.80. The fourth-order valence-corrected chi connectivity index (χ4v) is 1.68. The minimum atomic E-state index is 0.600. The third-order valence-electron chi connectivity index (χ3n) is 1.89. The summed E-state index contributed by atoms with van der Waals surface area (Å²) in [5, 5.41) is 0. The van der Waals surface area contributed by atoms with E-state index in [1.54, 1.807) is 0 Å². The van der Waals surface area contributed by atoms with Crippen LogP contribution in [0.1, 0.15) is 20.3 Å². The van der Waals surface area contributed by atoms with Crippen molar-refractivity contribution in [3.63, 3.8) is 0 Å². The Bertz CT molecular complexity index is 163. The van der Waals surface area contributed by atoms with Gasteiger partial charge in [-0.3, -0.25) is 0 Å². The predicted octanol–water partition coefficient (Wildman–Crippen LogP) is 1.98. The van der Waals surface area contributed by atoms with E-state index in [-0.39, 0.29) is 0 Å². The first-order valence-electron chi connectivity index (χ1n) is 3.73. The fourth-order valence-electron chi connectivity index (χ4n) is 1.27. The Morgan fingerprint density at radius 2 is 2.50 bits per heavy atom. The molecule has 1 heterocycles. The number of hydrogen-bond donors (Lipinski definition) is 0. The van der Waals surface area contributed by atoms with E-state index in [1.165, 1.54) is 0 Å². The average molecular weight is 155 g/mol. The molecule has 0 bridgehead atoms. The van der Waals surface area contributed by atoms with Gasteiger partial charge >= 0.3 is 0 Å². The van der Waals surface area contributed by atoms with Crippen LogP contribution in [-0.4, -0.2) is 22.5 Å². The van der Waals surface area contributed by atoms with Crippen molar-refractivity contribution in [2.45, 2.75) is 26.3 Å². The van der Waals surface area contributed by atoms with Crippen LogP contribution in [0.25, 0.3) is 0 Å². The molecule has 56 valence electrons. The summed E-state index contributed by atoms with van der Waals surface area (Å²) in [7, 11) is 0. The Balaban J connectivity index is 2.68. The lowest BCUT2D eigenvalue weighted by molar-refractivity contribution is 0.348. The lowest BCUT2D eigenvalue weighted by Gasteiger charge is -2.31. The molecule has 1 nitrogen and oxygen atoms in total. The van der Waals surface area contributed by atoms with Gasteiger partial charge in [0.25, 0.3) is 0 Å². The topological polar surface area (TPSA) is 3.24 Å². The Morgan fingerprint density at radius 3 is 2.90 bits per heavy atom. The Labute approximate surface area is 67.7 Å². The van der Waals surface area contributed by atoms with Crippen LogP contribution >= 0.6 is 12.2 Å². The van der Waals surface area contributed by atoms with Crippen LogP contribution in [0.15, 0.2) is 12.2 Å². The first-order valence-corrected chi connectivity index (χ1v) is 4.13. The zero-order valence-electron chi connectivity index (χ0n) is 6.50. The van der Waals surface area contributed by atoms with E-state index < -0.39 is 0 Å². The van der Waals surface area contributed by atoms with Gasteiger partial charge in [0, 0.05) is 12.6 Å². The second kappa shape index (κ2) is 3.15. The highest BCUT2D eigenvalue weighted by atomic mass is 32.1. The van der Waals surface area contributed by atoms with Gasteiger partial charge in [-0.1, -0.05) is 18.3 Å². The fraction of sp³-hybridized carbons (Fsp3) is 0.625. The maximum atomic E-state index is 5.14. The van der Waals surface area contributed by atoms with Gasteiger partial charge < -0.3 is 4.90 Å². The van der Waals surface area contributed by atoms with Gasteiger partial charge in [0.1, 0.15) is 4.99 Å². The number of thiocarbonyl (C=S) groups is 1. The molecule has 0 aromatic heterocycles. The van der Waals surface area contributed by atoms with Crippen molar-refractivity contribution < 1.29 is 0 Å². The molecular weight excluding hydrogens is 142 g/mol. The van der Waals surface area contributed by atoms with Crippen molar-refractivity contribution in [3.8, 4) is 0 Å². The third-order valence-corrected chi connectivity index (χ3v) is 2.26. The van der Waals surface area contributed by atoms with Crippen LogP contribution in [0.5, 0.6) is 0 Å². The summed E-state index contributed by atoms with van der Waals surface area (Å²) in [4.78, 5) is 3.23. The van der Waals surface area contributed by atoms with E-state index in [0.717, 1.165) is 18.0 Å². The Hall–Kier alpha value is -0.370. The molecule has 0 saturated heterocycles.